The molecule has 2 aromatic heterocycles. The maximum atomic E-state index is 13.1. The maximum Gasteiger partial charge on any atom is 0.335 e. The van der Waals surface area contributed by atoms with Gasteiger partial charge in [-0.05, 0) is 49.4 Å². The topological polar surface area (TPSA) is 84.1 Å². The number of hydrogen-bond donors (Lipinski definition) is 1. The molecule has 4 rings (SSSR count). The number of imidazole rings is 1. The number of amides is 1. The summed E-state index contributed by atoms with van der Waals surface area (Å²) in [4.78, 5) is 31.5. The highest BCUT2D eigenvalue weighted by molar-refractivity contribution is 7.15. The van der Waals surface area contributed by atoms with Crippen LogP contribution in [0.15, 0.2) is 29.8 Å². The Morgan fingerprint density at radius 1 is 1.39 bits per heavy atom. The predicted octanol–water partition coefficient (Wildman–Crippen LogP) is 3.12. The van der Waals surface area contributed by atoms with Crippen molar-refractivity contribution in [1.29, 1.82) is 0 Å². The van der Waals surface area contributed by atoms with Gasteiger partial charge in [-0.2, -0.15) is 0 Å². The van der Waals surface area contributed by atoms with Crippen LogP contribution in [0.25, 0.3) is 4.96 Å². The van der Waals surface area contributed by atoms with Crippen LogP contribution in [-0.2, 0) is 6.42 Å². The van der Waals surface area contributed by atoms with Crippen molar-refractivity contribution in [3.05, 3.63) is 52.3 Å². The summed E-state index contributed by atoms with van der Waals surface area (Å²) in [5.41, 5.74) is 2.48. The SMILES string of the molecule is COc1ccc(C(=O)O)cc1CC1CCN(C(=O)c2c(C)nc3sccn23)C1. The molecule has 1 N–H and O–H groups in total. The zero-order valence-electron chi connectivity index (χ0n) is 15.7. The standard InChI is InChI=1S/C20H21N3O4S/c1-12-17(23-7-8-28-20(23)21-12)18(24)22-6-5-13(11-22)9-15-10-14(19(25)26)3-4-16(15)27-2/h3-4,7-8,10,13H,5-6,9,11H2,1-2H3,(H,25,26). The molecular formula is C20H21N3O4S. The number of nitrogens with zero attached hydrogens (tertiary/aromatic N) is 3. The maximum absolute atomic E-state index is 13.1. The molecule has 7 nitrogen and oxygen atoms in total. The Morgan fingerprint density at radius 2 is 2.21 bits per heavy atom. The van der Waals surface area contributed by atoms with Crippen molar-refractivity contribution < 1.29 is 19.4 Å². The number of aromatic carboxylic acids is 1. The minimum Gasteiger partial charge on any atom is -0.496 e. The number of hydrogen-bond acceptors (Lipinski definition) is 5. The predicted molar refractivity (Wildman–Crippen MR) is 105 cm³/mol. The van der Waals surface area contributed by atoms with E-state index in [0.29, 0.717) is 31.0 Å². The van der Waals surface area contributed by atoms with Gasteiger partial charge in [-0.3, -0.25) is 9.20 Å². The van der Waals surface area contributed by atoms with Crippen molar-refractivity contribution >= 4 is 28.2 Å². The summed E-state index contributed by atoms with van der Waals surface area (Å²) in [7, 11) is 1.58. The highest BCUT2D eigenvalue weighted by Gasteiger charge is 2.30. The fraction of sp³-hybridized carbons (Fsp3) is 0.350. The number of carboxylic acids is 1. The van der Waals surface area contributed by atoms with Crippen molar-refractivity contribution in [3.63, 3.8) is 0 Å². The molecule has 1 amide bonds. The van der Waals surface area contributed by atoms with Crippen LogP contribution in [0.1, 0.15) is 38.5 Å². The van der Waals surface area contributed by atoms with E-state index < -0.39 is 5.97 Å². The van der Waals surface area contributed by atoms with Crippen molar-refractivity contribution in [2.45, 2.75) is 19.8 Å². The zero-order valence-corrected chi connectivity index (χ0v) is 16.5. The first-order chi connectivity index (χ1) is 13.5. The summed E-state index contributed by atoms with van der Waals surface area (Å²) in [5, 5.41) is 11.2. The third-order valence-corrected chi connectivity index (χ3v) is 6.00. The number of aromatic nitrogens is 2. The molecule has 0 radical (unpaired) electrons. The number of carbonyl (C=O) groups is 2. The second kappa shape index (κ2) is 7.27. The van der Waals surface area contributed by atoms with Gasteiger partial charge in [-0.25, -0.2) is 9.78 Å². The molecular weight excluding hydrogens is 378 g/mol. The van der Waals surface area contributed by atoms with E-state index in [1.807, 2.05) is 27.8 Å². The first-order valence-electron chi connectivity index (χ1n) is 9.09. The van der Waals surface area contributed by atoms with Crippen molar-refractivity contribution in [1.82, 2.24) is 14.3 Å². The summed E-state index contributed by atoms with van der Waals surface area (Å²) >= 11 is 1.51. The monoisotopic (exact) mass is 399 g/mol. The van der Waals surface area contributed by atoms with Gasteiger partial charge in [0.05, 0.1) is 18.4 Å². The van der Waals surface area contributed by atoms with Crippen molar-refractivity contribution in [2.24, 2.45) is 5.92 Å². The molecule has 146 valence electrons. The van der Waals surface area contributed by atoms with E-state index in [2.05, 4.69) is 4.98 Å². The number of carboxylic acid groups (broad SMARTS) is 1. The van der Waals surface area contributed by atoms with Crippen LogP contribution in [0.2, 0.25) is 0 Å². The number of likely N-dealkylation sites (tertiary alicyclic amines) is 1. The van der Waals surface area contributed by atoms with Gasteiger partial charge in [0.15, 0.2) is 4.96 Å². The molecule has 0 bridgehead atoms. The van der Waals surface area contributed by atoms with E-state index in [0.717, 1.165) is 22.6 Å². The van der Waals surface area contributed by atoms with Gasteiger partial charge in [0, 0.05) is 24.7 Å². The lowest BCUT2D eigenvalue weighted by atomic mass is 9.96. The van der Waals surface area contributed by atoms with Crippen molar-refractivity contribution in [3.8, 4) is 5.75 Å². The van der Waals surface area contributed by atoms with Crippen LogP contribution < -0.4 is 4.74 Å². The van der Waals surface area contributed by atoms with E-state index in [9.17, 15) is 14.7 Å². The Balaban J connectivity index is 1.51. The summed E-state index contributed by atoms with van der Waals surface area (Å²) in [6.07, 6.45) is 3.42. The summed E-state index contributed by atoms with van der Waals surface area (Å²) in [5.74, 6) is -0.0188. The fourth-order valence-electron chi connectivity index (χ4n) is 3.87. The average molecular weight is 399 g/mol. The van der Waals surface area contributed by atoms with Gasteiger partial charge in [0.2, 0.25) is 0 Å². The zero-order chi connectivity index (χ0) is 19.8. The molecule has 1 aliphatic heterocycles. The average Bonchev–Trinajstić information content (AvgIpc) is 3.37. The Hall–Kier alpha value is -2.87. The Morgan fingerprint density at radius 3 is 2.96 bits per heavy atom. The Kier molecular flexibility index (Phi) is 4.80. The lowest BCUT2D eigenvalue weighted by Gasteiger charge is -2.17. The number of benzene rings is 1. The number of fused-ring (bicyclic) bond motifs is 1. The molecule has 8 heteroatoms. The molecule has 0 saturated carbocycles. The molecule has 0 spiro atoms. The van der Waals surface area contributed by atoms with Gasteiger partial charge in [0.25, 0.3) is 5.91 Å². The van der Waals surface area contributed by atoms with Gasteiger partial charge >= 0.3 is 5.97 Å². The Bertz CT molecular complexity index is 1060. The molecule has 1 fully saturated rings. The first-order valence-corrected chi connectivity index (χ1v) is 9.97. The molecule has 3 heterocycles. The van der Waals surface area contributed by atoms with Crippen LogP contribution in [0.3, 0.4) is 0 Å². The van der Waals surface area contributed by atoms with E-state index in [-0.39, 0.29) is 17.4 Å². The fourth-order valence-corrected chi connectivity index (χ4v) is 4.63. The summed E-state index contributed by atoms with van der Waals surface area (Å²) in [6, 6.07) is 4.91. The molecule has 1 saturated heterocycles. The first kappa shape index (κ1) is 18.5. The van der Waals surface area contributed by atoms with Crippen LogP contribution in [-0.4, -0.2) is 51.5 Å². The van der Waals surface area contributed by atoms with E-state index >= 15 is 0 Å². The molecule has 0 aliphatic carbocycles. The second-order valence-electron chi connectivity index (χ2n) is 7.04. The van der Waals surface area contributed by atoms with E-state index in [1.54, 1.807) is 25.3 Å². The lowest BCUT2D eigenvalue weighted by molar-refractivity contribution is 0.0696. The normalized spacial score (nSPS) is 16.6. The van der Waals surface area contributed by atoms with Gasteiger partial charge in [0.1, 0.15) is 11.4 Å². The minimum atomic E-state index is -0.955. The highest BCUT2D eigenvalue weighted by Crippen LogP contribution is 2.29. The largest absolute Gasteiger partial charge is 0.496 e. The van der Waals surface area contributed by atoms with Crippen LogP contribution in [0.5, 0.6) is 5.75 Å². The molecule has 1 atom stereocenters. The van der Waals surface area contributed by atoms with E-state index in [4.69, 9.17) is 4.74 Å². The van der Waals surface area contributed by atoms with Crippen LogP contribution >= 0.6 is 11.3 Å². The minimum absolute atomic E-state index is 0.00264. The third kappa shape index (κ3) is 3.24. The molecule has 1 aliphatic rings. The Labute approximate surface area is 166 Å². The summed E-state index contributed by atoms with van der Waals surface area (Å²) < 4.78 is 7.25. The number of thiazole rings is 1. The van der Waals surface area contributed by atoms with E-state index in [1.165, 1.54) is 11.3 Å². The van der Waals surface area contributed by atoms with Gasteiger partial charge < -0.3 is 14.7 Å². The number of methoxy groups -OCH3 is 1. The number of aryl methyl sites for hydroxylation is 1. The number of rotatable bonds is 5. The van der Waals surface area contributed by atoms with Gasteiger partial charge in [-0.1, -0.05) is 0 Å². The molecule has 3 aromatic rings. The quantitative estimate of drug-likeness (QED) is 0.713. The van der Waals surface area contributed by atoms with Gasteiger partial charge in [-0.15, -0.1) is 11.3 Å². The van der Waals surface area contributed by atoms with Crippen molar-refractivity contribution in [2.75, 3.05) is 20.2 Å². The van der Waals surface area contributed by atoms with Crippen LogP contribution in [0.4, 0.5) is 0 Å². The summed E-state index contributed by atoms with van der Waals surface area (Å²) in [6.45, 7) is 3.18. The smallest absolute Gasteiger partial charge is 0.335 e. The molecule has 1 aromatic carbocycles. The second-order valence-corrected chi connectivity index (χ2v) is 7.92. The van der Waals surface area contributed by atoms with Crippen LogP contribution in [0, 0.1) is 12.8 Å². The molecule has 28 heavy (non-hydrogen) atoms. The number of ether oxygens (including phenoxy) is 1. The number of carbonyl (C=O) groups excluding carboxylic acids is 1. The third-order valence-electron chi connectivity index (χ3n) is 5.25. The molecule has 1 unspecified atom stereocenters. The lowest BCUT2D eigenvalue weighted by Crippen LogP contribution is -2.30. The highest BCUT2D eigenvalue weighted by atomic mass is 32.1.